The molecule has 0 bridgehead atoms. The maximum atomic E-state index is 13.0. The molecule has 2 aromatic rings. The van der Waals surface area contributed by atoms with Gasteiger partial charge in [0.05, 0.1) is 24.0 Å². The summed E-state index contributed by atoms with van der Waals surface area (Å²) >= 11 is 0. The van der Waals surface area contributed by atoms with Gasteiger partial charge in [0.2, 0.25) is 10.0 Å². The smallest absolute Gasteiger partial charge is 0.310 e. The molecule has 0 fully saturated rings. The zero-order valence-corrected chi connectivity index (χ0v) is 15.8. The van der Waals surface area contributed by atoms with Crippen molar-refractivity contribution in [2.45, 2.75) is 37.1 Å². The molecule has 0 aromatic heterocycles. The van der Waals surface area contributed by atoms with Crippen LogP contribution in [0.1, 0.15) is 36.1 Å². The number of aryl methyl sites for hydroxylation is 2. The highest BCUT2D eigenvalue weighted by molar-refractivity contribution is 7.89. The average Bonchev–Trinajstić information content (AvgIpc) is 3.13. The van der Waals surface area contributed by atoms with Crippen LogP contribution in [0.2, 0.25) is 0 Å². The molecule has 0 radical (unpaired) electrons. The van der Waals surface area contributed by atoms with Gasteiger partial charge in [-0.1, -0.05) is 43.3 Å². The van der Waals surface area contributed by atoms with Gasteiger partial charge in [0, 0.05) is 0 Å². The van der Waals surface area contributed by atoms with Gasteiger partial charge in [-0.3, -0.25) is 4.79 Å². The molecule has 1 aliphatic carbocycles. The van der Waals surface area contributed by atoms with E-state index in [2.05, 4.69) is 4.72 Å². The van der Waals surface area contributed by atoms with Crippen molar-refractivity contribution in [3.8, 4) is 0 Å². The molecule has 138 valence electrons. The Morgan fingerprint density at radius 1 is 1.08 bits per heavy atom. The number of esters is 1. The van der Waals surface area contributed by atoms with Gasteiger partial charge >= 0.3 is 5.97 Å². The Hall–Kier alpha value is -2.18. The first kappa shape index (κ1) is 18.6. The number of methoxy groups -OCH3 is 1. The van der Waals surface area contributed by atoms with E-state index in [1.54, 1.807) is 31.2 Å². The van der Waals surface area contributed by atoms with Gasteiger partial charge in [0.15, 0.2) is 0 Å². The molecule has 2 aromatic carbocycles. The Balaban J connectivity index is 1.93. The molecule has 0 saturated carbocycles. The van der Waals surface area contributed by atoms with Crippen molar-refractivity contribution < 1.29 is 17.9 Å². The third kappa shape index (κ3) is 3.81. The molecular formula is C20H23NO4S. The summed E-state index contributed by atoms with van der Waals surface area (Å²) in [6.07, 6.45) is 2.95. The van der Waals surface area contributed by atoms with E-state index in [4.69, 9.17) is 4.74 Å². The fourth-order valence-electron chi connectivity index (χ4n) is 3.39. The summed E-state index contributed by atoms with van der Waals surface area (Å²) in [5, 5.41) is 0. The van der Waals surface area contributed by atoms with Crippen molar-refractivity contribution in [1.82, 2.24) is 4.72 Å². The van der Waals surface area contributed by atoms with Crippen LogP contribution >= 0.6 is 0 Å². The van der Waals surface area contributed by atoms with E-state index in [0.29, 0.717) is 0 Å². The number of carbonyl (C=O) groups is 1. The number of hydrogen-bond acceptors (Lipinski definition) is 4. The minimum atomic E-state index is -3.77. The predicted molar refractivity (Wildman–Crippen MR) is 99.2 cm³/mol. The summed E-state index contributed by atoms with van der Waals surface area (Å²) in [5.41, 5.74) is 3.02. The van der Waals surface area contributed by atoms with Crippen LogP contribution in [0.25, 0.3) is 0 Å². The second-order valence-electron chi connectivity index (χ2n) is 6.61. The number of fused-ring (bicyclic) bond motifs is 1. The molecule has 0 spiro atoms. The Kier molecular flexibility index (Phi) is 5.44. The van der Waals surface area contributed by atoms with Crippen molar-refractivity contribution in [3.05, 3.63) is 65.2 Å². The van der Waals surface area contributed by atoms with Crippen molar-refractivity contribution in [1.29, 1.82) is 0 Å². The van der Waals surface area contributed by atoms with Crippen LogP contribution in [-0.2, 0) is 32.4 Å². The van der Waals surface area contributed by atoms with Crippen molar-refractivity contribution in [2.75, 3.05) is 7.11 Å². The van der Waals surface area contributed by atoms with Gasteiger partial charge < -0.3 is 4.74 Å². The van der Waals surface area contributed by atoms with Crippen LogP contribution in [0.5, 0.6) is 0 Å². The van der Waals surface area contributed by atoms with E-state index in [1.165, 1.54) is 12.7 Å². The van der Waals surface area contributed by atoms with Crippen LogP contribution < -0.4 is 4.72 Å². The molecular weight excluding hydrogens is 350 g/mol. The molecule has 0 aliphatic heterocycles. The van der Waals surface area contributed by atoms with Gasteiger partial charge in [-0.15, -0.1) is 0 Å². The highest BCUT2D eigenvalue weighted by Crippen LogP contribution is 2.28. The maximum Gasteiger partial charge on any atom is 0.310 e. The number of hydrogen-bond donors (Lipinski definition) is 1. The number of rotatable bonds is 6. The average molecular weight is 373 g/mol. The number of benzene rings is 2. The molecule has 1 N–H and O–H groups in total. The molecule has 2 atom stereocenters. The van der Waals surface area contributed by atoms with E-state index in [1.807, 2.05) is 24.3 Å². The minimum absolute atomic E-state index is 0.233. The molecule has 6 heteroatoms. The summed E-state index contributed by atoms with van der Waals surface area (Å²) in [7, 11) is -2.47. The second-order valence-corrected chi connectivity index (χ2v) is 8.32. The van der Waals surface area contributed by atoms with E-state index in [0.717, 1.165) is 30.4 Å². The normalized spacial score (nSPS) is 15.9. The Morgan fingerprint density at radius 2 is 1.77 bits per heavy atom. The number of carbonyl (C=O) groups excluding carboxylic acids is 1. The van der Waals surface area contributed by atoms with Crippen molar-refractivity contribution in [3.63, 3.8) is 0 Å². The molecule has 5 nitrogen and oxygen atoms in total. The predicted octanol–water partition coefficient (Wildman–Crippen LogP) is 3.00. The zero-order valence-electron chi connectivity index (χ0n) is 14.9. The molecule has 0 amide bonds. The van der Waals surface area contributed by atoms with Gasteiger partial charge in [-0.05, 0) is 48.1 Å². The lowest BCUT2D eigenvalue weighted by atomic mass is 9.95. The summed E-state index contributed by atoms with van der Waals surface area (Å²) < 4.78 is 33.5. The molecule has 26 heavy (non-hydrogen) atoms. The molecule has 3 rings (SSSR count). The van der Waals surface area contributed by atoms with Crippen LogP contribution in [0, 0.1) is 5.92 Å². The SMILES string of the molecule is COC(=O)[C@@H](C)[C@@H](NS(=O)(=O)c1ccc2c(c1)CCC2)c1ccccc1. The molecule has 0 heterocycles. The van der Waals surface area contributed by atoms with Gasteiger partial charge in [0.1, 0.15) is 0 Å². The van der Waals surface area contributed by atoms with E-state index >= 15 is 0 Å². The van der Waals surface area contributed by atoms with E-state index in [9.17, 15) is 13.2 Å². The summed E-state index contributed by atoms with van der Waals surface area (Å²) in [4.78, 5) is 12.3. The highest BCUT2D eigenvalue weighted by atomic mass is 32.2. The van der Waals surface area contributed by atoms with Crippen LogP contribution in [0.4, 0.5) is 0 Å². The van der Waals surface area contributed by atoms with E-state index < -0.39 is 28.0 Å². The highest BCUT2D eigenvalue weighted by Gasteiger charge is 2.31. The molecule has 0 saturated heterocycles. The Labute approximate surface area is 154 Å². The number of sulfonamides is 1. The fraction of sp³-hybridized carbons (Fsp3) is 0.350. The van der Waals surface area contributed by atoms with Gasteiger partial charge in [-0.2, -0.15) is 0 Å². The van der Waals surface area contributed by atoms with Crippen LogP contribution in [-0.4, -0.2) is 21.5 Å². The number of ether oxygens (including phenoxy) is 1. The summed E-state index contributed by atoms with van der Waals surface area (Å²) in [6, 6.07) is 13.6. The number of nitrogens with one attached hydrogen (secondary N) is 1. The lowest BCUT2D eigenvalue weighted by Crippen LogP contribution is -2.36. The monoisotopic (exact) mass is 373 g/mol. The Morgan fingerprint density at radius 3 is 2.46 bits per heavy atom. The van der Waals surface area contributed by atoms with Crippen molar-refractivity contribution in [2.24, 2.45) is 5.92 Å². The Bertz CT molecular complexity index is 893. The standard InChI is InChI=1S/C20H23NO4S/c1-14(20(22)25-2)19(16-7-4-3-5-8-16)21-26(23,24)18-12-11-15-9-6-10-17(15)13-18/h3-5,7-8,11-14,19,21H,6,9-10H2,1-2H3/t14-,19+/m0/s1. The molecule has 0 unspecified atom stereocenters. The lowest BCUT2D eigenvalue weighted by Gasteiger charge is -2.24. The third-order valence-electron chi connectivity index (χ3n) is 4.89. The minimum Gasteiger partial charge on any atom is -0.469 e. The second kappa shape index (κ2) is 7.60. The summed E-state index contributed by atoms with van der Waals surface area (Å²) in [6.45, 7) is 1.66. The first-order chi connectivity index (χ1) is 12.4. The first-order valence-corrected chi connectivity index (χ1v) is 10.2. The summed E-state index contributed by atoms with van der Waals surface area (Å²) in [5.74, 6) is -1.12. The van der Waals surface area contributed by atoms with Gasteiger partial charge in [0.25, 0.3) is 0 Å². The first-order valence-electron chi connectivity index (χ1n) is 8.69. The van der Waals surface area contributed by atoms with E-state index in [-0.39, 0.29) is 4.90 Å². The van der Waals surface area contributed by atoms with Crippen LogP contribution in [0.15, 0.2) is 53.4 Å². The maximum absolute atomic E-state index is 13.0. The zero-order chi connectivity index (χ0) is 18.7. The fourth-order valence-corrected chi connectivity index (χ4v) is 4.75. The van der Waals surface area contributed by atoms with Crippen molar-refractivity contribution >= 4 is 16.0 Å². The largest absolute Gasteiger partial charge is 0.469 e. The molecule has 1 aliphatic rings. The quantitative estimate of drug-likeness (QED) is 0.790. The lowest BCUT2D eigenvalue weighted by molar-refractivity contribution is -0.145. The van der Waals surface area contributed by atoms with Crippen LogP contribution in [0.3, 0.4) is 0 Å². The van der Waals surface area contributed by atoms with Gasteiger partial charge in [-0.25, -0.2) is 13.1 Å². The topological polar surface area (TPSA) is 72.5 Å². The third-order valence-corrected chi connectivity index (χ3v) is 6.33.